The Morgan fingerprint density at radius 1 is 1.09 bits per heavy atom. The van der Waals surface area contributed by atoms with E-state index in [9.17, 15) is 14.7 Å². The molecule has 5 rings (SSSR count). The Labute approximate surface area is 193 Å². The maximum absolute atomic E-state index is 12.8. The molecule has 0 aliphatic heterocycles. The predicted molar refractivity (Wildman–Crippen MR) is 125 cm³/mol. The second-order valence-electron chi connectivity index (χ2n) is 7.91. The lowest BCUT2D eigenvalue weighted by Gasteiger charge is -2.13. The van der Waals surface area contributed by atoms with Crippen molar-refractivity contribution in [1.82, 2.24) is 34.8 Å². The number of aromatic amines is 1. The van der Waals surface area contributed by atoms with Crippen LogP contribution in [0.4, 0.5) is 0 Å². The molecule has 0 spiro atoms. The van der Waals surface area contributed by atoms with Gasteiger partial charge in [0.1, 0.15) is 5.56 Å². The Bertz CT molecular complexity index is 1530. The van der Waals surface area contributed by atoms with Crippen molar-refractivity contribution in [3.63, 3.8) is 0 Å². The normalized spacial score (nSPS) is 11.2. The van der Waals surface area contributed by atoms with Gasteiger partial charge in [-0.25, -0.2) is 4.79 Å². The molecule has 0 atom stereocenters. The van der Waals surface area contributed by atoms with Crippen LogP contribution in [0.2, 0.25) is 0 Å². The van der Waals surface area contributed by atoms with Gasteiger partial charge in [0.2, 0.25) is 5.82 Å². The summed E-state index contributed by atoms with van der Waals surface area (Å²) in [4.78, 5) is 24.5. The number of fused-ring (bicyclic) bond motifs is 1. The van der Waals surface area contributed by atoms with Crippen LogP contribution in [-0.4, -0.2) is 45.9 Å². The van der Waals surface area contributed by atoms with E-state index >= 15 is 0 Å². The Morgan fingerprint density at radius 2 is 1.85 bits per heavy atom. The molecule has 10 nitrogen and oxygen atoms in total. The quantitative estimate of drug-likeness (QED) is 0.386. The molecule has 2 N–H and O–H groups in total. The monoisotopic (exact) mass is 455 g/mol. The Hall–Kier alpha value is -4.60. The summed E-state index contributed by atoms with van der Waals surface area (Å²) in [6, 6.07) is 15.8. The number of H-pyrrole nitrogens is 1. The van der Waals surface area contributed by atoms with Gasteiger partial charge in [0.25, 0.3) is 5.56 Å². The number of aromatic carboxylic acids is 1. The largest absolute Gasteiger partial charge is 0.477 e. The highest BCUT2D eigenvalue weighted by atomic mass is 16.4. The SMILES string of the molecule is CCCc1cn(Cc2ccc(-c3ccccc3-c3nn[nH]n3)cc2)c2c(C(=O)O)cnn2c1=O. The van der Waals surface area contributed by atoms with Gasteiger partial charge in [-0.05, 0) is 28.3 Å². The van der Waals surface area contributed by atoms with E-state index in [0.717, 1.165) is 28.7 Å². The molecule has 5 aromatic rings. The molecule has 0 radical (unpaired) electrons. The first-order valence-electron chi connectivity index (χ1n) is 10.8. The van der Waals surface area contributed by atoms with Crippen molar-refractivity contribution in [3.05, 3.63) is 88.0 Å². The van der Waals surface area contributed by atoms with Gasteiger partial charge in [-0.3, -0.25) is 4.79 Å². The standard InChI is InChI=1S/C24H21N7O3/c1-2-5-17-14-30(22-20(24(33)34)12-25-31(22)23(17)32)13-15-8-10-16(11-9-15)18-6-3-4-7-19(18)21-26-28-29-27-21/h3-4,6-12,14H,2,5,13H2,1H3,(H,33,34)(H,26,27,28,29). The van der Waals surface area contributed by atoms with Crippen LogP contribution in [0, 0.1) is 0 Å². The van der Waals surface area contributed by atoms with Gasteiger partial charge in [-0.2, -0.15) is 14.8 Å². The van der Waals surface area contributed by atoms with Gasteiger partial charge in [0, 0.05) is 23.9 Å². The van der Waals surface area contributed by atoms with E-state index < -0.39 is 5.97 Å². The molecular formula is C24H21N7O3. The number of aryl methyl sites for hydroxylation is 1. The van der Waals surface area contributed by atoms with Crippen molar-refractivity contribution >= 4 is 11.6 Å². The maximum Gasteiger partial charge on any atom is 0.341 e. The third kappa shape index (κ3) is 3.75. The van der Waals surface area contributed by atoms with Crippen molar-refractivity contribution < 1.29 is 9.90 Å². The first kappa shape index (κ1) is 21.3. The molecule has 0 saturated carbocycles. The highest BCUT2D eigenvalue weighted by Crippen LogP contribution is 2.30. The van der Waals surface area contributed by atoms with E-state index in [0.29, 0.717) is 24.4 Å². The Kier molecular flexibility index (Phi) is 5.46. The summed E-state index contributed by atoms with van der Waals surface area (Å²) in [6.07, 6.45) is 4.35. The molecule has 0 unspecified atom stereocenters. The lowest BCUT2D eigenvalue weighted by atomic mass is 9.98. The molecule has 2 aromatic carbocycles. The van der Waals surface area contributed by atoms with Crippen LogP contribution in [0.5, 0.6) is 0 Å². The second-order valence-corrected chi connectivity index (χ2v) is 7.91. The van der Waals surface area contributed by atoms with Gasteiger partial charge < -0.3 is 9.67 Å². The van der Waals surface area contributed by atoms with Gasteiger partial charge in [0.15, 0.2) is 5.65 Å². The summed E-state index contributed by atoms with van der Waals surface area (Å²) < 4.78 is 2.97. The summed E-state index contributed by atoms with van der Waals surface area (Å²) in [5.41, 5.74) is 4.34. The zero-order valence-electron chi connectivity index (χ0n) is 18.3. The van der Waals surface area contributed by atoms with Crippen molar-refractivity contribution in [2.75, 3.05) is 0 Å². The minimum absolute atomic E-state index is 0.00851. The molecule has 0 aliphatic rings. The van der Waals surface area contributed by atoms with E-state index in [1.807, 2.05) is 55.5 Å². The van der Waals surface area contributed by atoms with Crippen LogP contribution < -0.4 is 5.56 Å². The number of tetrazole rings is 1. The number of rotatable bonds is 7. The van der Waals surface area contributed by atoms with E-state index in [1.165, 1.54) is 10.7 Å². The maximum atomic E-state index is 12.8. The van der Waals surface area contributed by atoms with Crippen molar-refractivity contribution in [1.29, 1.82) is 0 Å². The van der Waals surface area contributed by atoms with Crippen molar-refractivity contribution in [2.24, 2.45) is 0 Å². The fourth-order valence-corrected chi connectivity index (χ4v) is 4.11. The van der Waals surface area contributed by atoms with Crippen molar-refractivity contribution in [2.45, 2.75) is 26.3 Å². The smallest absolute Gasteiger partial charge is 0.341 e. The summed E-state index contributed by atoms with van der Waals surface area (Å²) in [7, 11) is 0. The average molecular weight is 455 g/mol. The number of carbonyl (C=O) groups is 1. The van der Waals surface area contributed by atoms with Gasteiger partial charge >= 0.3 is 5.97 Å². The average Bonchev–Trinajstić information content (AvgIpc) is 3.53. The molecule has 0 amide bonds. The molecule has 0 saturated heterocycles. The van der Waals surface area contributed by atoms with Crippen LogP contribution in [-0.2, 0) is 13.0 Å². The number of hydrogen-bond donors (Lipinski definition) is 2. The summed E-state index contributed by atoms with van der Waals surface area (Å²) in [6.45, 7) is 2.38. The third-order valence-electron chi connectivity index (χ3n) is 5.68. The zero-order valence-corrected chi connectivity index (χ0v) is 18.3. The first-order valence-corrected chi connectivity index (χ1v) is 10.8. The minimum Gasteiger partial charge on any atom is -0.477 e. The van der Waals surface area contributed by atoms with E-state index in [1.54, 1.807) is 10.8 Å². The summed E-state index contributed by atoms with van der Waals surface area (Å²) in [5, 5.41) is 28.0. The van der Waals surface area contributed by atoms with Gasteiger partial charge in [0.05, 0.1) is 6.20 Å². The number of benzene rings is 2. The molecule has 10 heteroatoms. The summed E-state index contributed by atoms with van der Waals surface area (Å²) >= 11 is 0. The molecule has 0 aliphatic carbocycles. The lowest BCUT2D eigenvalue weighted by Crippen LogP contribution is -2.24. The fourth-order valence-electron chi connectivity index (χ4n) is 4.11. The number of hydrogen-bond acceptors (Lipinski definition) is 6. The van der Waals surface area contributed by atoms with Crippen LogP contribution in [0.25, 0.3) is 28.2 Å². The van der Waals surface area contributed by atoms with Crippen molar-refractivity contribution in [3.8, 4) is 22.5 Å². The molecule has 34 heavy (non-hydrogen) atoms. The number of nitrogens with zero attached hydrogens (tertiary/aromatic N) is 6. The van der Waals surface area contributed by atoms with Crippen LogP contribution in [0.15, 0.2) is 65.7 Å². The van der Waals surface area contributed by atoms with E-state index in [-0.39, 0.29) is 16.8 Å². The number of carboxylic acids is 1. The molecular weight excluding hydrogens is 434 g/mol. The van der Waals surface area contributed by atoms with Gasteiger partial charge in [-0.15, -0.1) is 10.2 Å². The summed E-state index contributed by atoms with van der Waals surface area (Å²) in [5.74, 6) is -0.611. The highest BCUT2D eigenvalue weighted by Gasteiger charge is 2.18. The third-order valence-corrected chi connectivity index (χ3v) is 5.68. The highest BCUT2D eigenvalue weighted by molar-refractivity contribution is 5.94. The molecule has 3 aromatic heterocycles. The Balaban J connectivity index is 1.54. The lowest BCUT2D eigenvalue weighted by molar-refractivity contribution is 0.0698. The molecule has 0 fully saturated rings. The molecule has 3 heterocycles. The fraction of sp³-hybridized carbons (Fsp3) is 0.167. The number of nitrogens with one attached hydrogen (secondary N) is 1. The van der Waals surface area contributed by atoms with E-state index in [4.69, 9.17) is 0 Å². The zero-order chi connectivity index (χ0) is 23.7. The predicted octanol–water partition coefficient (Wildman–Crippen LogP) is 3.04. The number of carboxylic acid groups (broad SMARTS) is 1. The number of aromatic nitrogens is 7. The first-order chi connectivity index (χ1) is 16.6. The topological polar surface area (TPSA) is 131 Å². The molecule has 0 bridgehead atoms. The Morgan fingerprint density at radius 3 is 2.53 bits per heavy atom. The minimum atomic E-state index is -1.13. The van der Waals surface area contributed by atoms with Crippen LogP contribution in [0.1, 0.15) is 34.8 Å². The molecule has 170 valence electrons. The van der Waals surface area contributed by atoms with E-state index in [2.05, 4.69) is 25.7 Å². The van der Waals surface area contributed by atoms with Crippen LogP contribution in [0.3, 0.4) is 0 Å². The van der Waals surface area contributed by atoms with Crippen LogP contribution >= 0.6 is 0 Å². The van der Waals surface area contributed by atoms with Gasteiger partial charge in [-0.1, -0.05) is 61.9 Å². The second kappa shape index (κ2) is 8.74.